The van der Waals surface area contributed by atoms with Crippen molar-refractivity contribution in [1.29, 1.82) is 0 Å². The van der Waals surface area contributed by atoms with E-state index in [2.05, 4.69) is 48.2 Å². The molecule has 0 aliphatic carbocycles. The van der Waals surface area contributed by atoms with E-state index in [1.165, 1.54) is 43.6 Å². The van der Waals surface area contributed by atoms with Gasteiger partial charge in [-0.15, -0.1) is 0 Å². The highest BCUT2D eigenvalue weighted by Gasteiger charge is 2.11. The largest absolute Gasteiger partial charge is 0.375 e. The van der Waals surface area contributed by atoms with Crippen LogP contribution in [0, 0.1) is 0 Å². The summed E-state index contributed by atoms with van der Waals surface area (Å²) in [7, 11) is 0. The number of hydrogen-bond acceptors (Lipinski definition) is 1. The number of allylic oxidation sites excluding steroid dienone is 1. The van der Waals surface area contributed by atoms with E-state index >= 15 is 0 Å². The number of piperidine rings is 1. The first-order valence-corrected chi connectivity index (χ1v) is 6.40. The Balaban J connectivity index is 2.12. The monoisotopic (exact) mass is 215 g/mol. The third kappa shape index (κ3) is 2.88. The second-order valence-electron chi connectivity index (χ2n) is 4.45. The lowest BCUT2D eigenvalue weighted by Gasteiger charge is -2.30. The highest BCUT2D eigenvalue weighted by Crippen LogP contribution is 2.19. The van der Waals surface area contributed by atoms with E-state index < -0.39 is 0 Å². The number of hydrogen-bond donors (Lipinski definition) is 0. The third-order valence-corrected chi connectivity index (χ3v) is 3.26. The molecule has 1 heterocycles. The highest BCUT2D eigenvalue weighted by molar-refractivity contribution is 5.52. The van der Waals surface area contributed by atoms with Gasteiger partial charge in [0.1, 0.15) is 0 Å². The molecule has 0 atom stereocenters. The standard InChI is InChI=1S/C15H21N/c1-2-15(16-11-7-4-8-12-16)13-14-9-5-3-6-10-14/h3,5-6,9-10,13H,2,4,7-8,11-12H2,1H3. The van der Waals surface area contributed by atoms with Crippen molar-refractivity contribution in [2.45, 2.75) is 32.6 Å². The van der Waals surface area contributed by atoms with E-state index in [0.29, 0.717) is 0 Å². The van der Waals surface area contributed by atoms with Gasteiger partial charge >= 0.3 is 0 Å². The summed E-state index contributed by atoms with van der Waals surface area (Å²) in [5.41, 5.74) is 2.82. The zero-order valence-corrected chi connectivity index (χ0v) is 10.2. The summed E-state index contributed by atoms with van der Waals surface area (Å²) in [5.74, 6) is 0. The van der Waals surface area contributed by atoms with Gasteiger partial charge in [-0.2, -0.15) is 0 Å². The fourth-order valence-electron chi connectivity index (χ4n) is 2.34. The first-order chi connectivity index (χ1) is 7.90. The van der Waals surface area contributed by atoms with Crippen LogP contribution in [0.1, 0.15) is 38.2 Å². The summed E-state index contributed by atoms with van der Waals surface area (Å²) in [6, 6.07) is 10.6. The molecule has 0 radical (unpaired) electrons. The number of likely N-dealkylation sites (tertiary alicyclic amines) is 1. The van der Waals surface area contributed by atoms with Gasteiger partial charge in [-0.1, -0.05) is 37.3 Å². The Morgan fingerprint density at radius 1 is 1.12 bits per heavy atom. The predicted octanol–water partition coefficient (Wildman–Crippen LogP) is 3.92. The maximum atomic E-state index is 2.55. The molecule has 0 bridgehead atoms. The summed E-state index contributed by atoms with van der Waals surface area (Å²) in [4.78, 5) is 2.55. The lowest BCUT2D eigenvalue weighted by Crippen LogP contribution is -2.28. The third-order valence-electron chi connectivity index (χ3n) is 3.26. The van der Waals surface area contributed by atoms with E-state index in [9.17, 15) is 0 Å². The van der Waals surface area contributed by atoms with Crippen molar-refractivity contribution in [2.75, 3.05) is 13.1 Å². The van der Waals surface area contributed by atoms with E-state index in [-0.39, 0.29) is 0 Å². The van der Waals surface area contributed by atoms with Crippen molar-refractivity contribution < 1.29 is 0 Å². The smallest absolute Gasteiger partial charge is 0.0175 e. The van der Waals surface area contributed by atoms with Crippen LogP contribution in [0.5, 0.6) is 0 Å². The molecule has 1 fully saturated rings. The zero-order chi connectivity index (χ0) is 11.2. The van der Waals surface area contributed by atoms with Crippen molar-refractivity contribution in [3.05, 3.63) is 41.6 Å². The normalized spacial score (nSPS) is 17.6. The van der Waals surface area contributed by atoms with E-state index in [1.807, 2.05) is 0 Å². The van der Waals surface area contributed by atoms with Crippen molar-refractivity contribution in [3.8, 4) is 0 Å². The van der Waals surface area contributed by atoms with Crippen LogP contribution in [-0.2, 0) is 0 Å². The molecular formula is C15H21N. The summed E-state index contributed by atoms with van der Waals surface area (Å²) in [6.07, 6.45) is 7.58. The summed E-state index contributed by atoms with van der Waals surface area (Å²) in [6.45, 7) is 4.74. The van der Waals surface area contributed by atoms with Gasteiger partial charge in [-0.25, -0.2) is 0 Å². The van der Waals surface area contributed by atoms with E-state index in [0.717, 1.165) is 6.42 Å². The molecule has 0 spiro atoms. The van der Waals surface area contributed by atoms with Crippen molar-refractivity contribution in [1.82, 2.24) is 4.90 Å². The molecule has 1 aromatic carbocycles. The molecule has 0 saturated carbocycles. The maximum absolute atomic E-state index is 2.55. The lowest BCUT2D eigenvalue weighted by molar-refractivity contribution is 0.281. The van der Waals surface area contributed by atoms with Crippen LogP contribution in [0.15, 0.2) is 36.0 Å². The molecule has 16 heavy (non-hydrogen) atoms. The first kappa shape index (κ1) is 11.3. The molecule has 1 nitrogen and oxygen atoms in total. The Morgan fingerprint density at radius 3 is 2.44 bits per heavy atom. The van der Waals surface area contributed by atoms with Gasteiger partial charge < -0.3 is 4.90 Å². The van der Waals surface area contributed by atoms with Gasteiger partial charge in [0.2, 0.25) is 0 Å². The molecule has 0 amide bonds. The van der Waals surface area contributed by atoms with Crippen molar-refractivity contribution >= 4 is 6.08 Å². The minimum Gasteiger partial charge on any atom is -0.375 e. The molecule has 1 heteroatoms. The fourth-order valence-corrected chi connectivity index (χ4v) is 2.34. The molecule has 0 aromatic heterocycles. The fraction of sp³-hybridized carbons (Fsp3) is 0.467. The quantitative estimate of drug-likeness (QED) is 0.738. The van der Waals surface area contributed by atoms with Crippen LogP contribution in [-0.4, -0.2) is 18.0 Å². The van der Waals surface area contributed by atoms with Crippen LogP contribution in [0.2, 0.25) is 0 Å². The SMILES string of the molecule is CCC(=Cc1ccccc1)N1CCCCC1. The topological polar surface area (TPSA) is 3.24 Å². The zero-order valence-electron chi connectivity index (χ0n) is 10.2. The predicted molar refractivity (Wildman–Crippen MR) is 70.1 cm³/mol. The highest BCUT2D eigenvalue weighted by atomic mass is 15.1. The Bertz CT molecular complexity index is 334. The number of rotatable bonds is 3. The second kappa shape index (κ2) is 5.74. The number of nitrogens with zero attached hydrogens (tertiary/aromatic N) is 1. The van der Waals surface area contributed by atoms with Gasteiger partial charge in [0.25, 0.3) is 0 Å². The Hall–Kier alpha value is -1.24. The summed E-state index contributed by atoms with van der Waals surface area (Å²) in [5, 5.41) is 0. The molecule has 1 saturated heterocycles. The molecule has 1 aliphatic heterocycles. The van der Waals surface area contributed by atoms with Crippen molar-refractivity contribution in [2.24, 2.45) is 0 Å². The molecule has 2 rings (SSSR count). The molecule has 0 unspecified atom stereocenters. The molecule has 1 aliphatic rings. The summed E-state index contributed by atoms with van der Waals surface area (Å²) < 4.78 is 0. The van der Waals surface area contributed by atoms with Crippen LogP contribution in [0.25, 0.3) is 6.08 Å². The minimum atomic E-state index is 1.13. The second-order valence-corrected chi connectivity index (χ2v) is 4.45. The van der Waals surface area contributed by atoms with Crippen molar-refractivity contribution in [3.63, 3.8) is 0 Å². The minimum absolute atomic E-state index is 1.13. The average molecular weight is 215 g/mol. The van der Waals surface area contributed by atoms with Gasteiger partial charge in [-0.3, -0.25) is 0 Å². The van der Waals surface area contributed by atoms with Crippen LogP contribution < -0.4 is 0 Å². The van der Waals surface area contributed by atoms with Crippen LogP contribution in [0.4, 0.5) is 0 Å². The number of benzene rings is 1. The van der Waals surface area contributed by atoms with E-state index in [4.69, 9.17) is 0 Å². The Morgan fingerprint density at radius 2 is 1.81 bits per heavy atom. The Labute approximate surface area is 98.8 Å². The lowest BCUT2D eigenvalue weighted by atomic mass is 10.1. The van der Waals surface area contributed by atoms with Gasteiger partial charge in [0.05, 0.1) is 0 Å². The molecular weight excluding hydrogens is 194 g/mol. The Kier molecular flexibility index (Phi) is 4.03. The summed E-state index contributed by atoms with van der Waals surface area (Å²) >= 11 is 0. The van der Waals surface area contributed by atoms with E-state index in [1.54, 1.807) is 0 Å². The van der Waals surface area contributed by atoms with Crippen LogP contribution >= 0.6 is 0 Å². The van der Waals surface area contributed by atoms with Gasteiger partial charge in [0.15, 0.2) is 0 Å². The molecule has 0 N–H and O–H groups in total. The van der Waals surface area contributed by atoms with Gasteiger partial charge in [0, 0.05) is 18.8 Å². The average Bonchev–Trinajstić information content (AvgIpc) is 2.38. The molecule has 1 aromatic rings. The maximum Gasteiger partial charge on any atom is 0.0175 e. The molecule has 86 valence electrons. The van der Waals surface area contributed by atoms with Crippen LogP contribution in [0.3, 0.4) is 0 Å². The first-order valence-electron chi connectivity index (χ1n) is 6.40. The van der Waals surface area contributed by atoms with Gasteiger partial charge in [-0.05, 0) is 37.3 Å².